The van der Waals surface area contributed by atoms with E-state index < -0.39 is 17.4 Å². The van der Waals surface area contributed by atoms with Crippen molar-refractivity contribution in [2.45, 2.75) is 20.4 Å². The standard InChI is InChI=1S/C21H20N4O3/c1-14-7-9-16(10-8-14)22-21(28)18-11-12-20(27)25(24-18)13-19(26)23-17-6-4-3-5-15(17)2/h3-12H,13H2,1-2H3,(H,22,28)(H,23,26). The first-order chi connectivity index (χ1) is 13.4. The number of para-hydroxylation sites is 1. The van der Waals surface area contributed by atoms with E-state index in [1.165, 1.54) is 12.1 Å². The highest BCUT2D eigenvalue weighted by molar-refractivity contribution is 6.02. The van der Waals surface area contributed by atoms with Crippen LogP contribution in [-0.2, 0) is 11.3 Å². The molecular formula is C21H20N4O3. The van der Waals surface area contributed by atoms with E-state index in [2.05, 4.69) is 15.7 Å². The van der Waals surface area contributed by atoms with E-state index in [9.17, 15) is 14.4 Å². The molecule has 3 aromatic rings. The first-order valence-electron chi connectivity index (χ1n) is 8.74. The van der Waals surface area contributed by atoms with Gasteiger partial charge in [-0.1, -0.05) is 35.9 Å². The van der Waals surface area contributed by atoms with E-state index in [0.717, 1.165) is 15.8 Å². The molecule has 0 radical (unpaired) electrons. The number of hydrogen-bond donors (Lipinski definition) is 2. The van der Waals surface area contributed by atoms with Gasteiger partial charge in [-0.2, -0.15) is 5.10 Å². The Morgan fingerprint density at radius 3 is 2.36 bits per heavy atom. The molecule has 0 saturated heterocycles. The number of aromatic nitrogens is 2. The summed E-state index contributed by atoms with van der Waals surface area (Å²) in [7, 11) is 0. The predicted molar refractivity (Wildman–Crippen MR) is 107 cm³/mol. The molecule has 7 nitrogen and oxygen atoms in total. The predicted octanol–water partition coefficient (Wildman–Crippen LogP) is 2.75. The zero-order valence-electron chi connectivity index (χ0n) is 15.6. The second-order valence-electron chi connectivity index (χ2n) is 6.40. The molecule has 0 fully saturated rings. The minimum absolute atomic E-state index is 0.0452. The summed E-state index contributed by atoms with van der Waals surface area (Å²) in [5.41, 5.74) is 2.84. The summed E-state index contributed by atoms with van der Waals surface area (Å²) in [5, 5.41) is 9.48. The molecule has 142 valence electrons. The molecule has 0 aliphatic carbocycles. The fourth-order valence-electron chi connectivity index (χ4n) is 2.55. The van der Waals surface area contributed by atoms with Crippen molar-refractivity contribution in [2.75, 3.05) is 10.6 Å². The monoisotopic (exact) mass is 376 g/mol. The zero-order valence-corrected chi connectivity index (χ0v) is 15.6. The number of benzene rings is 2. The van der Waals surface area contributed by atoms with Crippen LogP contribution in [0.4, 0.5) is 11.4 Å². The Hall–Kier alpha value is -3.74. The Balaban J connectivity index is 1.73. The maximum absolute atomic E-state index is 12.4. The maximum atomic E-state index is 12.4. The number of nitrogens with one attached hydrogen (secondary N) is 2. The fourth-order valence-corrected chi connectivity index (χ4v) is 2.55. The van der Waals surface area contributed by atoms with Gasteiger partial charge in [-0.05, 0) is 43.7 Å². The molecule has 28 heavy (non-hydrogen) atoms. The number of carbonyl (C=O) groups is 2. The summed E-state index contributed by atoms with van der Waals surface area (Å²) in [6.07, 6.45) is 0. The third-order valence-corrected chi connectivity index (χ3v) is 4.12. The van der Waals surface area contributed by atoms with Crippen LogP contribution in [0.5, 0.6) is 0 Å². The SMILES string of the molecule is Cc1ccc(NC(=O)c2ccc(=O)n(CC(=O)Nc3ccccc3C)n2)cc1. The average Bonchev–Trinajstić information content (AvgIpc) is 2.67. The summed E-state index contributed by atoms with van der Waals surface area (Å²) in [5.74, 6) is -0.864. The van der Waals surface area contributed by atoms with Gasteiger partial charge in [-0.3, -0.25) is 14.4 Å². The van der Waals surface area contributed by atoms with Crippen LogP contribution in [0.3, 0.4) is 0 Å². The highest BCUT2D eigenvalue weighted by Crippen LogP contribution is 2.13. The van der Waals surface area contributed by atoms with Gasteiger partial charge in [0.05, 0.1) is 0 Å². The first kappa shape index (κ1) is 19.0. The van der Waals surface area contributed by atoms with Gasteiger partial charge in [0.2, 0.25) is 5.91 Å². The molecule has 1 heterocycles. The Morgan fingerprint density at radius 2 is 1.64 bits per heavy atom. The molecule has 0 saturated carbocycles. The van der Waals surface area contributed by atoms with Crippen molar-refractivity contribution < 1.29 is 9.59 Å². The summed E-state index contributed by atoms with van der Waals surface area (Å²) in [6.45, 7) is 3.53. The number of nitrogens with zero attached hydrogens (tertiary/aromatic N) is 2. The van der Waals surface area contributed by atoms with Crippen molar-refractivity contribution in [3.63, 3.8) is 0 Å². The zero-order chi connectivity index (χ0) is 20.1. The number of hydrogen-bond acceptors (Lipinski definition) is 4. The van der Waals surface area contributed by atoms with Crippen LogP contribution < -0.4 is 16.2 Å². The van der Waals surface area contributed by atoms with E-state index in [-0.39, 0.29) is 12.2 Å². The van der Waals surface area contributed by atoms with Crippen LogP contribution in [0.2, 0.25) is 0 Å². The first-order valence-corrected chi connectivity index (χ1v) is 8.74. The van der Waals surface area contributed by atoms with Crippen molar-refractivity contribution in [3.05, 3.63) is 87.8 Å². The number of rotatable bonds is 5. The lowest BCUT2D eigenvalue weighted by atomic mass is 10.2. The van der Waals surface area contributed by atoms with Crippen LogP contribution in [0.25, 0.3) is 0 Å². The smallest absolute Gasteiger partial charge is 0.276 e. The second kappa shape index (κ2) is 8.30. The molecule has 0 unspecified atom stereocenters. The van der Waals surface area contributed by atoms with E-state index in [1.54, 1.807) is 18.2 Å². The largest absolute Gasteiger partial charge is 0.324 e. The van der Waals surface area contributed by atoms with E-state index >= 15 is 0 Å². The van der Waals surface area contributed by atoms with Crippen LogP contribution >= 0.6 is 0 Å². The molecule has 0 bridgehead atoms. The van der Waals surface area contributed by atoms with Gasteiger partial charge in [0, 0.05) is 17.4 Å². The van der Waals surface area contributed by atoms with Gasteiger partial charge in [-0.15, -0.1) is 0 Å². The van der Waals surface area contributed by atoms with Gasteiger partial charge in [0.15, 0.2) is 0 Å². The highest BCUT2D eigenvalue weighted by Gasteiger charge is 2.13. The van der Waals surface area contributed by atoms with Crippen LogP contribution in [-0.4, -0.2) is 21.6 Å². The average molecular weight is 376 g/mol. The Labute approximate surface area is 162 Å². The fraction of sp³-hybridized carbons (Fsp3) is 0.143. The Kier molecular flexibility index (Phi) is 5.64. The lowest BCUT2D eigenvalue weighted by Crippen LogP contribution is -2.31. The number of anilines is 2. The molecule has 7 heteroatoms. The molecule has 1 aromatic heterocycles. The molecule has 2 aromatic carbocycles. The number of carbonyl (C=O) groups excluding carboxylic acids is 2. The lowest BCUT2D eigenvalue weighted by molar-refractivity contribution is -0.117. The summed E-state index contributed by atoms with van der Waals surface area (Å²) in [4.78, 5) is 36.7. The quantitative estimate of drug-likeness (QED) is 0.716. The Morgan fingerprint density at radius 1 is 0.929 bits per heavy atom. The van der Waals surface area contributed by atoms with Gasteiger partial charge >= 0.3 is 0 Å². The molecule has 0 aliphatic heterocycles. The molecular weight excluding hydrogens is 356 g/mol. The summed E-state index contributed by atoms with van der Waals surface area (Å²) >= 11 is 0. The Bertz CT molecular complexity index is 1070. The van der Waals surface area contributed by atoms with Crippen molar-refractivity contribution in [1.29, 1.82) is 0 Å². The summed E-state index contributed by atoms with van der Waals surface area (Å²) in [6, 6.07) is 17.2. The van der Waals surface area contributed by atoms with E-state index in [1.807, 2.05) is 44.2 Å². The normalized spacial score (nSPS) is 10.4. The number of aryl methyl sites for hydroxylation is 2. The van der Waals surface area contributed by atoms with Crippen molar-refractivity contribution >= 4 is 23.2 Å². The van der Waals surface area contributed by atoms with Crippen molar-refractivity contribution in [1.82, 2.24) is 9.78 Å². The van der Waals surface area contributed by atoms with Crippen LogP contribution in [0.1, 0.15) is 21.6 Å². The molecule has 0 atom stereocenters. The third-order valence-electron chi connectivity index (χ3n) is 4.12. The molecule has 0 aliphatic rings. The molecule has 3 rings (SSSR count). The van der Waals surface area contributed by atoms with Gasteiger partial charge in [0.25, 0.3) is 11.5 Å². The minimum atomic E-state index is -0.466. The molecule has 2 N–H and O–H groups in total. The van der Waals surface area contributed by atoms with Crippen LogP contribution in [0.15, 0.2) is 65.5 Å². The molecule has 2 amide bonds. The number of amides is 2. The summed E-state index contributed by atoms with van der Waals surface area (Å²) < 4.78 is 0.970. The highest BCUT2D eigenvalue weighted by atomic mass is 16.2. The topological polar surface area (TPSA) is 93.1 Å². The van der Waals surface area contributed by atoms with Crippen LogP contribution in [0, 0.1) is 13.8 Å². The second-order valence-corrected chi connectivity index (χ2v) is 6.40. The van der Waals surface area contributed by atoms with Gasteiger partial charge in [-0.25, -0.2) is 4.68 Å². The van der Waals surface area contributed by atoms with Crippen molar-refractivity contribution in [3.8, 4) is 0 Å². The minimum Gasteiger partial charge on any atom is -0.324 e. The van der Waals surface area contributed by atoms with E-state index in [0.29, 0.717) is 11.4 Å². The van der Waals surface area contributed by atoms with E-state index in [4.69, 9.17) is 0 Å². The lowest BCUT2D eigenvalue weighted by Gasteiger charge is -2.10. The van der Waals surface area contributed by atoms with Gasteiger partial charge < -0.3 is 10.6 Å². The van der Waals surface area contributed by atoms with Gasteiger partial charge in [0.1, 0.15) is 12.2 Å². The maximum Gasteiger partial charge on any atom is 0.276 e. The third kappa shape index (κ3) is 4.70. The molecule has 0 spiro atoms. The van der Waals surface area contributed by atoms with Crippen molar-refractivity contribution in [2.24, 2.45) is 0 Å².